The third kappa shape index (κ3) is 8.87. The van der Waals surface area contributed by atoms with Gasteiger partial charge in [-0.05, 0) is 55.6 Å². The summed E-state index contributed by atoms with van der Waals surface area (Å²) in [5, 5.41) is 29.0. The number of hydrogen-bond acceptors (Lipinski definition) is 5. The number of aliphatic hydroxyl groups is 1. The van der Waals surface area contributed by atoms with Crippen LogP contribution in [0.2, 0.25) is 0 Å². The van der Waals surface area contributed by atoms with Crippen LogP contribution in [0.3, 0.4) is 0 Å². The lowest BCUT2D eigenvalue weighted by Crippen LogP contribution is -2.16. The lowest BCUT2D eigenvalue weighted by Gasteiger charge is -2.06. The minimum absolute atomic E-state index is 0. The number of hydrogen-bond donors (Lipinski definition) is 6. The van der Waals surface area contributed by atoms with E-state index in [9.17, 15) is 9.59 Å². The molecule has 9 heteroatoms. The van der Waals surface area contributed by atoms with Crippen molar-refractivity contribution in [3.05, 3.63) is 77.0 Å². The number of carboxylic acid groups (broad SMARTS) is 1. The van der Waals surface area contributed by atoms with Gasteiger partial charge in [-0.15, -0.1) is 0 Å². The molecule has 9 nitrogen and oxygen atoms in total. The molecule has 0 saturated carbocycles. The fourth-order valence-electron chi connectivity index (χ4n) is 3.06. The lowest BCUT2D eigenvalue weighted by atomic mass is 10.1. The summed E-state index contributed by atoms with van der Waals surface area (Å²) in [6.07, 6.45) is 2.69. The lowest BCUT2D eigenvalue weighted by molar-refractivity contribution is -0.145. The van der Waals surface area contributed by atoms with E-state index in [-0.39, 0.29) is 5.48 Å². The van der Waals surface area contributed by atoms with E-state index in [1.807, 2.05) is 24.3 Å². The Labute approximate surface area is 192 Å². The second-order valence-electron chi connectivity index (χ2n) is 7.27. The third-order valence-corrected chi connectivity index (χ3v) is 4.78. The predicted octanol–water partition coefficient (Wildman–Crippen LogP) is 1.95. The van der Waals surface area contributed by atoms with Crippen LogP contribution >= 0.6 is 0 Å². The molecule has 3 aromatic rings. The fraction of sp³-hybridized carbons (Fsp3) is 0.250. The van der Waals surface area contributed by atoms with Crippen molar-refractivity contribution in [3.63, 3.8) is 0 Å². The van der Waals surface area contributed by atoms with E-state index < -0.39 is 18.0 Å². The number of fused-ring (bicyclic) bond motifs is 1. The summed E-state index contributed by atoms with van der Waals surface area (Å²) in [6.45, 7) is 5.02. The Bertz CT molecular complexity index is 1060. The minimum atomic E-state index is -1.23. The van der Waals surface area contributed by atoms with Crippen LogP contribution in [0.1, 0.15) is 29.3 Å². The van der Waals surface area contributed by atoms with Crippen molar-refractivity contribution in [1.82, 2.24) is 15.8 Å². The van der Waals surface area contributed by atoms with Crippen LogP contribution in [-0.2, 0) is 22.6 Å². The van der Waals surface area contributed by atoms with Crippen LogP contribution in [0, 0.1) is 6.92 Å². The van der Waals surface area contributed by atoms with Gasteiger partial charge in [0.05, 0.1) is 0 Å². The molecule has 1 heterocycles. The van der Waals surface area contributed by atoms with Gasteiger partial charge in [0.25, 0.3) is 5.91 Å². The standard InChI is InChI=1S/C21H23N3O2.C3H6O3.H2O/c1-15-18(19-4-2-3-5-20(19)23-15)12-13-22-14-17-8-6-16(7-9-17)10-11-21(25)24-26;1-2(4)3(5)6;/h2-11,22-23,26H,12-14H2,1H3,(H,24,25);2,4H,1H3,(H,5,6);1H2. The Hall–Kier alpha value is -3.50. The molecule has 0 radical (unpaired) electrons. The Morgan fingerprint density at radius 2 is 1.76 bits per heavy atom. The maximum atomic E-state index is 11.0. The Balaban J connectivity index is 0.000000691. The second-order valence-corrected chi connectivity index (χ2v) is 7.27. The van der Waals surface area contributed by atoms with Gasteiger partial charge >= 0.3 is 5.97 Å². The number of para-hydroxylation sites is 1. The van der Waals surface area contributed by atoms with Gasteiger partial charge < -0.3 is 26.0 Å². The quantitative estimate of drug-likeness (QED) is 0.131. The Kier molecular flexibility index (Phi) is 11.5. The summed E-state index contributed by atoms with van der Waals surface area (Å²) in [5.74, 6) is -1.72. The molecule has 0 aliphatic carbocycles. The molecule has 0 fully saturated rings. The van der Waals surface area contributed by atoms with Crippen LogP contribution in [0.5, 0.6) is 0 Å². The van der Waals surface area contributed by atoms with Crippen molar-refractivity contribution >= 4 is 28.9 Å². The molecule has 0 bridgehead atoms. The zero-order chi connectivity index (χ0) is 23.5. The Morgan fingerprint density at radius 3 is 2.36 bits per heavy atom. The molecule has 33 heavy (non-hydrogen) atoms. The molecular weight excluding hydrogens is 426 g/mol. The van der Waals surface area contributed by atoms with E-state index >= 15 is 0 Å². The van der Waals surface area contributed by atoms with E-state index in [1.165, 1.54) is 40.7 Å². The van der Waals surface area contributed by atoms with Crippen molar-refractivity contribution in [2.45, 2.75) is 32.9 Å². The summed E-state index contributed by atoms with van der Waals surface area (Å²) >= 11 is 0. The summed E-state index contributed by atoms with van der Waals surface area (Å²) in [4.78, 5) is 23.9. The molecule has 8 N–H and O–H groups in total. The number of rotatable bonds is 8. The highest BCUT2D eigenvalue weighted by Gasteiger charge is 2.07. The van der Waals surface area contributed by atoms with Gasteiger partial charge in [-0.2, -0.15) is 0 Å². The van der Waals surface area contributed by atoms with E-state index in [4.69, 9.17) is 15.4 Å². The zero-order valence-corrected chi connectivity index (χ0v) is 18.6. The highest BCUT2D eigenvalue weighted by Crippen LogP contribution is 2.21. The van der Waals surface area contributed by atoms with E-state index in [0.717, 1.165) is 25.1 Å². The number of aryl methyl sites for hydroxylation is 1. The van der Waals surface area contributed by atoms with E-state index in [1.54, 1.807) is 11.6 Å². The molecule has 1 unspecified atom stereocenters. The highest BCUT2D eigenvalue weighted by atomic mass is 16.5. The van der Waals surface area contributed by atoms with Gasteiger partial charge in [-0.3, -0.25) is 10.0 Å². The molecule has 0 aliphatic rings. The SMILES string of the molecule is CC(O)C(=O)O.Cc1[nH]c2ccccc2c1CCNCc1ccc(C=CC(=O)NO)cc1.O. The largest absolute Gasteiger partial charge is 0.479 e. The number of amides is 1. The predicted molar refractivity (Wildman–Crippen MR) is 127 cm³/mol. The molecule has 0 saturated heterocycles. The van der Waals surface area contributed by atoms with Crippen molar-refractivity contribution in [2.24, 2.45) is 0 Å². The Morgan fingerprint density at radius 1 is 1.12 bits per heavy atom. The molecular formula is C24H31N3O6. The van der Waals surface area contributed by atoms with Crippen LogP contribution in [-0.4, -0.2) is 50.4 Å². The summed E-state index contributed by atoms with van der Waals surface area (Å²) in [7, 11) is 0. The first-order chi connectivity index (χ1) is 15.3. The molecule has 2 aromatic carbocycles. The number of aromatic amines is 1. The van der Waals surface area contributed by atoms with Gasteiger partial charge in [-0.25, -0.2) is 10.3 Å². The number of carbonyl (C=O) groups excluding carboxylic acids is 1. The van der Waals surface area contributed by atoms with Gasteiger partial charge in [0.1, 0.15) is 6.10 Å². The highest BCUT2D eigenvalue weighted by molar-refractivity contribution is 5.90. The van der Waals surface area contributed by atoms with Crippen molar-refractivity contribution in [3.8, 4) is 0 Å². The molecule has 1 aromatic heterocycles. The third-order valence-electron chi connectivity index (χ3n) is 4.78. The first-order valence-electron chi connectivity index (χ1n) is 10.2. The molecule has 1 amide bonds. The number of hydroxylamine groups is 1. The smallest absolute Gasteiger partial charge is 0.332 e. The molecule has 0 aliphatic heterocycles. The topological polar surface area (TPSA) is 166 Å². The number of nitrogens with one attached hydrogen (secondary N) is 3. The first kappa shape index (κ1) is 27.5. The second kappa shape index (κ2) is 13.8. The summed E-state index contributed by atoms with van der Waals surface area (Å²) < 4.78 is 0. The van der Waals surface area contributed by atoms with Crippen LogP contribution in [0.4, 0.5) is 0 Å². The van der Waals surface area contributed by atoms with Crippen LogP contribution in [0.15, 0.2) is 54.6 Å². The normalized spacial score (nSPS) is 11.4. The average Bonchev–Trinajstić information content (AvgIpc) is 3.11. The average molecular weight is 458 g/mol. The first-order valence-corrected chi connectivity index (χ1v) is 10.2. The fourth-order valence-corrected chi connectivity index (χ4v) is 3.06. The number of H-pyrrole nitrogens is 1. The van der Waals surface area contributed by atoms with Gasteiger partial charge in [0.2, 0.25) is 0 Å². The van der Waals surface area contributed by atoms with Crippen molar-refractivity contribution in [1.29, 1.82) is 0 Å². The van der Waals surface area contributed by atoms with Gasteiger partial charge in [0, 0.05) is 29.2 Å². The van der Waals surface area contributed by atoms with Gasteiger partial charge in [-0.1, -0.05) is 42.5 Å². The number of aliphatic carboxylic acids is 1. The summed E-state index contributed by atoms with van der Waals surface area (Å²) in [6, 6.07) is 16.4. The van der Waals surface area contributed by atoms with Crippen LogP contribution < -0.4 is 10.8 Å². The van der Waals surface area contributed by atoms with E-state index in [0.29, 0.717) is 0 Å². The van der Waals surface area contributed by atoms with Gasteiger partial charge in [0.15, 0.2) is 0 Å². The molecule has 3 rings (SSSR count). The number of carbonyl (C=O) groups is 2. The maximum absolute atomic E-state index is 11.0. The zero-order valence-electron chi connectivity index (χ0n) is 18.6. The van der Waals surface area contributed by atoms with Crippen LogP contribution in [0.25, 0.3) is 17.0 Å². The van der Waals surface area contributed by atoms with Crippen molar-refractivity contribution < 1.29 is 30.5 Å². The van der Waals surface area contributed by atoms with Crippen molar-refractivity contribution in [2.75, 3.05) is 6.54 Å². The number of benzene rings is 2. The maximum Gasteiger partial charge on any atom is 0.332 e. The number of aromatic nitrogens is 1. The summed E-state index contributed by atoms with van der Waals surface area (Å²) in [5.41, 5.74) is 7.46. The number of aliphatic hydroxyl groups excluding tert-OH is 1. The van der Waals surface area contributed by atoms with E-state index in [2.05, 4.69) is 41.5 Å². The number of carboxylic acids is 1. The molecule has 178 valence electrons. The monoisotopic (exact) mass is 457 g/mol. The minimum Gasteiger partial charge on any atom is -0.479 e. The molecule has 0 spiro atoms. The molecule has 1 atom stereocenters.